The highest BCUT2D eigenvalue weighted by atomic mass is 79.9. The molecule has 2 aromatic carbocycles. The number of halogens is 2. The van der Waals surface area contributed by atoms with Crippen molar-refractivity contribution in [2.75, 3.05) is 18.2 Å². The zero-order valence-corrected chi connectivity index (χ0v) is 20.8. The van der Waals surface area contributed by atoms with E-state index in [1.807, 2.05) is 19.1 Å². The highest BCUT2D eigenvalue weighted by Gasteiger charge is 2.44. The van der Waals surface area contributed by atoms with Crippen LogP contribution in [0.2, 0.25) is 5.02 Å². The fourth-order valence-electron chi connectivity index (χ4n) is 3.37. The molecule has 0 spiro atoms. The lowest BCUT2D eigenvalue weighted by atomic mass is 9.78. The number of carbonyl (C=O) groups is 3. The minimum Gasteiger partial charge on any atom is -0.468 e. The Labute approximate surface area is 208 Å². The Morgan fingerprint density at radius 1 is 1.27 bits per heavy atom. The van der Waals surface area contributed by atoms with Crippen molar-refractivity contribution in [1.29, 1.82) is 5.26 Å². The molecule has 0 unspecified atom stereocenters. The summed E-state index contributed by atoms with van der Waals surface area (Å²) in [5.41, 5.74) is 2.25. The fourth-order valence-corrected chi connectivity index (χ4v) is 4.94. The summed E-state index contributed by atoms with van der Waals surface area (Å²) in [7, 11) is 1.19. The largest absolute Gasteiger partial charge is 0.468 e. The van der Waals surface area contributed by atoms with Gasteiger partial charge in [-0.15, -0.1) is 0 Å². The van der Waals surface area contributed by atoms with Crippen LogP contribution < -0.4 is 10.6 Å². The molecule has 7 nitrogen and oxygen atoms in total. The Kier molecular flexibility index (Phi) is 8.19. The second-order valence-electron chi connectivity index (χ2n) is 7.19. The first-order chi connectivity index (χ1) is 15.7. The molecule has 0 bridgehead atoms. The lowest BCUT2D eigenvalue weighted by molar-refractivity contribution is -0.150. The Morgan fingerprint density at radius 3 is 2.58 bits per heavy atom. The zero-order valence-electron chi connectivity index (χ0n) is 17.6. The van der Waals surface area contributed by atoms with Gasteiger partial charge < -0.3 is 15.4 Å². The van der Waals surface area contributed by atoms with Crippen molar-refractivity contribution in [1.82, 2.24) is 5.32 Å². The van der Waals surface area contributed by atoms with Gasteiger partial charge in [-0.3, -0.25) is 14.4 Å². The molecule has 2 aromatic rings. The molecule has 3 rings (SSSR count). The van der Waals surface area contributed by atoms with Gasteiger partial charge in [0.15, 0.2) is 0 Å². The number of methoxy groups -OCH3 is 1. The second kappa shape index (κ2) is 10.9. The topological polar surface area (TPSA) is 108 Å². The highest BCUT2D eigenvalue weighted by molar-refractivity contribution is 9.10. The van der Waals surface area contributed by atoms with Crippen molar-refractivity contribution in [2.24, 2.45) is 5.92 Å². The predicted molar refractivity (Wildman–Crippen MR) is 130 cm³/mol. The van der Waals surface area contributed by atoms with Crippen LogP contribution in [0.1, 0.15) is 17.0 Å². The van der Waals surface area contributed by atoms with Gasteiger partial charge >= 0.3 is 5.97 Å². The van der Waals surface area contributed by atoms with Crippen LogP contribution in [0.4, 0.5) is 5.69 Å². The maximum atomic E-state index is 12.8. The molecule has 0 saturated heterocycles. The number of anilines is 1. The van der Waals surface area contributed by atoms with Crippen molar-refractivity contribution in [2.45, 2.75) is 12.8 Å². The molecule has 1 heterocycles. The number of allylic oxidation sites excluding steroid dienone is 1. The summed E-state index contributed by atoms with van der Waals surface area (Å²) in [4.78, 5) is 37.7. The van der Waals surface area contributed by atoms with E-state index in [4.69, 9.17) is 16.3 Å². The molecule has 0 fully saturated rings. The molecule has 33 heavy (non-hydrogen) atoms. The van der Waals surface area contributed by atoms with E-state index in [-0.39, 0.29) is 22.3 Å². The Morgan fingerprint density at radius 2 is 1.97 bits per heavy atom. The first kappa shape index (κ1) is 24.8. The highest BCUT2D eigenvalue weighted by Crippen LogP contribution is 2.40. The summed E-state index contributed by atoms with van der Waals surface area (Å²) < 4.78 is 5.60. The summed E-state index contributed by atoms with van der Waals surface area (Å²) in [6, 6.07) is 14.4. The van der Waals surface area contributed by atoms with Crippen LogP contribution in [-0.2, 0) is 19.1 Å². The SMILES string of the molecule is COC(=O)[C@H]1C(=O)NC(SCC(=O)Nc2ccc(Br)cc2Cl)=C(C#N)[C@@H]1c1ccc(C)cc1. The van der Waals surface area contributed by atoms with Gasteiger partial charge in [-0.2, -0.15) is 5.26 Å². The Hall–Kier alpha value is -2.80. The number of nitriles is 1. The van der Waals surface area contributed by atoms with E-state index in [0.29, 0.717) is 16.3 Å². The maximum Gasteiger partial charge on any atom is 0.319 e. The first-order valence-electron chi connectivity index (χ1n) is 9.72. The van der Waals surface area contributed by atoms with Crippen LogP contribution in [0.25, 0.3) is 0 Å². The molecule has 1 aliphatic rings. The van der Waals surface area contributed by atoms with Crippen LogP contribution in [0.15, 0.2) is 57.5 Å². The third-order valence-corrected chi connectivity index (χ3v) is 6.80. The molecule has 0 radical (unpaired) electrons. The van der Waals surface area contributed by atoms with Gasteiger partial charge in [0, 0.05) is 10.4 Å². The number of nitrogens with one attached hydrogen (secondary N) is 2. The summed E-state index contributed by atoms with van der Waals surface area (Å²) in [6.07, 6.45) is 0. The van der Waals surface area contributed by atoms with E-state index in [9.17, 15) is 19.6 Å². The fraction of sp³-hybridized carbons (Fsp3) is 0.217. The summed E-state index contributed by atoms with van der Waals surface area (Å²) in [5.74, 6) is -3.83. The summed E-state index contributed by atoms with van der Waals surface area (Å²) >= 11 is 10.4. The molecule has 0 aliphatic carbocycles. The summed E-state index contributed by atoms with van der Waals surface area (Å²) in [5, 5.41) is 15.8. The Bertz CT molecular complexity index is 1180. The molecule has 2 amide bonds. The average Bonchev–Trinajstić information content (AvgIpc) is 2.79. The summed E-state index contributed by atoms with van der Waals surface area (Å²) in [6.45, 7) is 1.91. The van der Waals surface area contributed by atoms with E-state index in [1.54, 1.807) is 30.3 Å². The van der Waals surface area contributed by atoms with Crippen LogP contribution in [-0.4, -0.2) is 30.6 Å². The first-order valence-corrected chi connectivity index (χ1v) is 11.9. The van der Waals surface area contributed by atoms with Crippen molar-refractivity contribution in [3.05, 3.63) is 73.7 Å². The molecule has 0 saturated carbocycles. The monoisotopic (exact) mass is 547 g/mol. The third-order valence-electron chi connectivity index (χ3n) is 4.97. The van der Waals surface area contributed by atoms with Crippen molar-refractivity contribution in [3.63, 3.8) is 0 Å². The predicted octanol–water partition coefficient (Wildman–Crippen LogP) is 4.52. The van der Waals surface area contributed by atoms with Crippen LogP contribution in [0.3, 0.4) is 0 Å². The quantitative estimate of drug-likeness (QED) is 0.406. The van der Waals surface area contributed by atoms with Crippen molar-refractivity contribution < 1.29 is 19.1 Å². The van der Waals surface area contributed by atoms with Gasteiger partial charge in [-0.1, -0.05) is 69.1 Å². The number of esters is 1. The zero-order chi connectivity index (χ0) is 24.1. The molecule has 170 valence electrons. The van der Waals surface area contributed by atoms with Gasteiger partial charge in [0.05, 0.1) is 40.2 Å². The number of ether oxygens (including phenoxy) is 1. The molecular weight excluding hydrogens is 530 g/mol. The molecule has 1 aliphatic heterocycles. The number of carbonyl (C=O) groups excluding carboxylic acids is 3. The molecule has 10 heteroatoms. The standard InChI is InChI=1S/C23H19BrClN3O4S/c1-12-3-5-13(6-4-12)19-15(10-26)22(28-21(30)20(19)23(31)32-2)33-11-18(29)27-17-8-7-14(24)9-16(17)25/h3-9,19-20H,11H2,1-2H3,(H,27,29)(H,28,30)/t19-,20+/m0/s1. The van der Waals surface area contributed by atoms with Crippen LogP contribution in [0, 0.1) is 24.2 Å². The van der Waals surface area contributed by atoms with Gasteiger partial charge in [0.25, 0.3) is 0 Å². The van der Waals surface area contributed by atoms with Crippen molar-refractivity contribution >= 4 is 62.8 Å². The van der Waals surface area contributed by atoms with Gasteiger partial charge in [-0.25, -0.2) is 0 Å². The van der Waals surface area contributed by atoms with E-state index < -0.39 is 23.7 Å². The number of benzene rings is 2. The van der Waals surface area contributed by atoms with Crippen LogP contribution in [0.5, 0.6) is 0 Å². The minimum absolute atomic E-state index is 0.0866. The molecular formula is C23H19BrClN3O4S. The lowest BCUT2D eigenvalue weighted by Gasteiger charge is -2.31. The number of thioether (sulfide) groups is 1. The van der Waals surface area contributed by atoms with E-state index in [2.05, 4.69) is 32.6 Å². The number of nitrogens with zero attached hydrogens (tertiary/aromatic N) is 1. The van der Waals surface area contributed by atoms with E-state index in [1.165, 1.54) is 7.11 Å². The lowest BCUT2D eigenvalue weighted by Crippen LogP contribution is -2.44. The number of hydrogen-bond donors (Lipinski definition) is 2. The van der Waals surface area contributed by atoms with Gasteiger partial charge in [0.2, 0.25) is 11.8 Å². The van der Waals surface area contributed by atoms with E-state index in [0.717, 1.165) is 21.8 Å². The number of amides is 2. The number of hydrogen-bond acceptors (Lipinski definition) is 6. The smallest absolute Gasteiger partial charge is 0.319 e. The van der Waals surface area contributed by atoms with Crippen LogP contribution >= 0.6 is 39.3 Å². The molecule has 0 aromatic heterocycles. The number of aryl methyl sites for hydroxylation is 1. The van der Waals surface area contributed by atoms with E-state index >= 15 is 0 Å². The molecule has 2 N–H and O–H groups in total. The Balaban J connectivity index is 1.88. The minimum atomic E-state index is -1.22. The normalized spacial score (nSPS) is 17.7. The molecule has 2 atom stereocenters. The third kappa shape index (κ3) is 5.77. The maximum absolute atomic E-state index is 12.8. The average molecular weight is 549 g/mol. The van der Waals surface area contributed by atoms with Gasteiger partial charge in [-0.05, 0) is 30.7 Å². The van der Waals surface area contributed by atoms with Gasteiger partial charge in [0.1, 0.15) is 5.92 Å². The second-order valence-corrected chi connectivity index (χ2v) is 9.50. The van der Waals surface area contributed by atoms with Crippen molar-refractivity contribution in [3.8, 4) is 6.07 Å². The number of rotatable bonds is 6.